The van der Waals surface area contributed by atoms with Crippen molar-refractivity contribution in [1.29, 1.82) is 0 Å². The highest BCUT2D eigenvalue weighted by molar-refractivity contribution is 5.98. The van der Waals surface area contributed by atoms with Crippen LogP contribution in [0.4, 0.5) is 5.69 Å². The molecule has 118 valence electrons. The number of rotatable bonds is 4. The summed E-state index contributed by atoms with van der Waals surface area (Å²) in [6.45, 7) is 1.70. The maximum Gasteiger partial charge on any atom is 0.331 e. The number of fused-ring (bicyclic) bond motifs is 1. The first kappa shape index (κ1) is 15.1. The van der Waals surface area contributed by atoms with Crippen LogP contribution in [-0.2, 0) is 20.7 Å². The van der Waals surface area contributed by atoms with Crippen molar-refractivity contribution in [1.82, 2.24) is 0 Å². The fraction of sp³-hybridized carbons (Fsp3) is 0.222. The zero-order valence-corrected chi connectivity index (χ0v) is 12.8. The first-order valence-corrected chi connectivity index (χ1v) is 7.43. The molecule has 0 aliphatic carbocycles. The van der Waals surface area contributed by atoms with Gasteiger partial charge in [0.1, 0.15) is 5.76 Å². The Morgan fingerprint density at radius 1 is 1.30 bits per heavy atom. The highest BCUT2D eigenvalue weighted by atomic mass is 16.5. The number of anilines is 1. The molecule has 2 heterocycles. The number of hydrogen-bond acceptors (Lipinski definition) is 4. The van der Waals surface area contributed by atoms with Gasteiger partial charge in [-0.15, -0.1) is 0 Å². The van der Waals surface area contributed by atoms with Gasteiger partial charge in [0.25, 0.3) is 5.91 Å². The van der Waals surface area contributed by atoms with Gasteiger partial charge >= 0.3 is 5.97 Å². The van der Waals surface area contributed by atoms with Crippen LogP contribution in [0.3, 0.4) is 0 Å². The predicted octanol–water partition coefficient (Wildman–Crippen LogP) is 2.81. The molecule has 1 aliphatic heterocycles. The molecule has 5 nitrogen and oxygen atoms in total. The molecule has 1 atom stereocenters. The lowest BCUT2D eigenvalue weighted by atomic mass is 10.1. The molecule has 1 amide bonds. The summed E-state index contributed by atoms with van der Waals surface area (Å²) >= 11 is 0. The van der Waals surface area contributed by atoms with E-state index in [2.05, 4.69) is 0 Å². The Morgan fingerprint density at radius 3 is 2.91 bits per heavy atom. The fourth-order valence-electron chi connectivity index (χ4n) is 2.73. The quantitative estimate of drug-likeness (QED) is 0.643. The molecular formula is C18H17NO4. The molecule has 5 heteroatoms. The minimum Gasteiger partial charge on any atom is -0.465 e. The standard InChI is InChI=1S/C18H17NO4/c1-13-11-14-5-2-3-7-16(14)19(13)17(20)12-23-18(21)9-8-15-6-4-10-22-15/h2-10,13H,11-12H2,1H3/b9-8+/t13-/m1/s1. The van der Waals surface area contributed by atoms with Crippen LogP contribution in [0.25, 0.3) is 6.08 Å². The second kappa shape index (κ2) is 6.52. The number of furan rings is 1. The molecule has 0 spiro atoms. The molecule has 0 radical (unpaired) electrons. The average molecular weight is 311 g/mol. The molecule has 1 aliphatic rings. The smallest absolute Gasteiger partial charge is 0.331 e. The molecule has 0 N–H and O–H groups in total. The topological polar surface area (TPSA) is 59.8 Å². The molecule has 3 rings (SSSR count). The highest BCUT2D eigenvalue weighted by Crippen LogP contribution is 2.31. The average Bonchev–Trinajstić information content (AvgIpc) is 3.17. The molecule has 0 saturated heterocycles. The fourth-order valence-corrected chi connectivity index (χ4v) is 2.73. The van der Waals surface area contributed by atoms with E-state index >= 15 is 0 Å². The Balaban J connectivity index is 1.58. The zero-order chi connectivity index (χ0) is 16.2. The van der Waals surface area contributed by atoms with E-state index in [1.165, 1.54) is 18.4 Å². The first-order chi connectivity index (χ1) is 11.1. The summed E-state index contributed by atoms with van der Waals surface area (Å²) in [6, 6.07) is 11.3. The summed E-state index contributed by atoms with van der Waals surface area (Å²) in [5.74, 6) is -0.243. The van der Waals surface area contributed by atoms with Crippen LogP contribution in [0.2, 0.25) is 0 Å². The lowest BCUT2D eigenvalue weighted by Gasteiger charge is -2.22. The Kier molecular flexibility index (Phi) is 4.28. The number of esters is 1. The SMILES string of the molecule is C[C@@H]1Cc2ccccc2N1C(=O)COC(=O)/C=C/c1ccco1. The largest absolute Gasteiger partial charge is 0.465 e. The summed E-state index contributed by atoms with van der Waals surface area (Å²) in [7, 11) is 0. The molecule has 1 aromatic carbocycles. The summed E-state index contributed by atoms with van der Waals surface area (Å²) in [5, 5.41) is 0. The van der Waals surface area contributed by atoms with Crippen LogP contribution in [0, 0.1) is 0 Å². The molecule has 2 aromatic rings. The second-order valence-corrected chi connectivity index (χ2v) is 5.40. The number of nitrogens with zero attached hydrogens (tertiary/aromatic N) is 1. The van der Waals surface area contributed by atoms with Crippen molar-refractivity contribution in [2.45, 2.75) is 19.4 Å². The van der Waals surface area contributed by atoms with Gasteiger partial charge < -0.3 is 14.1 Å². The van der Waals surface area contributed by atoms with E-state index in [9.17, 15) is 9.59 Å². The van der Waals surface area contributed by atoms with Gasteiger partial charge in [-0.05, 0) is 43.2 Å². The predicted molar refractivity (Wildman–Crippen MR) is 85.8 cm³/mol. The van der Waals surface area contributed by atoms with Crippen molar-refractivity contribution >= 4 is 23.6 Å². The van der Waals surface area contributed by atoms with Gasteiger partial charge in [-0.1, -0.05) is 18.2 Å². The summed E-state index contributed by atoms with van der Waals surface area (Å²) in [5.41, 5.74) is 2.03. The van der Waals surface area contributed by atoms with Gasteiger partial charge in [0, 0.05) is 17.8 Å². The third kappa shape index (κ3) is 3.34. The Morgan fingerprint density at radius 2 is 2.13 bits per heavy atom. The number of para-hydroxylation sites is 1. The van der Waals surface area contributed by atoms with Crippen LogP contribution in [-0.4, -0.2) is 24.5 Å². The van der Waals surface area contributed by atoms with Gasteiger partial charge in [0.15, 0.2) is 6.61 Å². The maximum atomic E-state index is 12.4. The number of ether oxygens (including phenoxy) is 1. The molecular weight excluding hydrogens is 294 g/mol. The van der Waals surface area contributed by atoms with Crippen molar-refractivity contribution in [3.8, 4) is 0 Å². The van der Waals surface area contributed by atoms with E-state index in [4.69, 9.17) is 9.15 Å². The summed E-state index contributed by atoms with van der Waals surface area (Å²) in [6.07, 6.45) is 5.07. The zero-order valence-electron chi connectivity index (χ0n) is 12.8. The maximum absolute atomic E-state index is 12.4. The number of benzene rings is 1. The van der Waals surface area contributed by atoms with Gasteiger partial charge in [-0.2, -0.15) is 0 Å². The van der Waals surface area contributed by atoms with E-state index < -0.39 is 5.97 Å². The number of amides is 1. The second-order valence-electron chi connectivity index (χ2n) is 5.40. The Bertz CT molecular complexity index is 733. The van der Waals surface area contributed by atoms with Crippen molar-refractivity contribution in [2.75, 3.05) is 11.5 Å². The van der Waals surface area contributed by atoms with Crippen LogP contribution in [0.15, 0.2) is 53.2 Å². The van der Waals surface area contributed by atoms with Crippen molar-refractivity contribution in [2.24, 2.45) is 0 Å². The number of carbonyl (C=O) groups is 2. The van der Waals surface area contributed by atoms with E-state index in [0.717, 1.165) is 17.7 Å². The van der Waals surface area contributed by atoms with Gasteiger partial charge in [-0.25, -0.2) is 4.79 Å². The number of carbonyl (C=O) groups excluding carboxylic acids is 2. The van der Waals surface area contributed by atoms with Crippen LogP contribution in [0.1, 0.15) is 18.2 Å². The van der Waals surface area contributed by atoms with Crippen LogP contribution >= 0.6 is 0 Å². The van der Waals surface area contributed by atoms with Gasteiger partial charge in [-0.3, -0.25) is 4.79 Å². The van der Waals surface area contributed by atoms with E-state index in [0.29, 0.717) is 5.76 Å². The molecule has 1 aromatic heterocycles. The minimum absolute atomic E-state index is 0.0669. The summed E-state index contributed by atoms with van der Waals surface area (Å²) < 4.78 is 10.1. The van der Waals surface area contributed by atoms with Gasteiger partial charge in [0.2, 0.25) is 0 Å². The van der Waals surface area contributed by atoms with E-state index in [1.54, 1.807) is 17.0 Å². The van der Waals surface area contributed by atoms with E-state index in [-0.39, 0.29) is 18.6 Å². The third-order valence-electron chi connectivity index (χ3n) is 3.74. The normalized spacial score (nSPS) is 16.6. The van der Waals surface area contributed by atoms with Crippen molar-refractivity contribution < 1.29 is 18.7 Å². The highest BCUT2D eigenvalue weighted by Gasteiger charge is 2.30. The lowest BCUT2D eigenvalue weighted by Crippen LogP contribution is -2.38. The van der Waals surface area contributed by atoms with Crippen LogP contribution < -0.4 is 4.90 Å². The monoisotopic (exact) mass is 311 g/mol. The van der Waals surface area contributed by atoms with Crippen LogP contribution in [0.5, 0.6) is 0 Å². The molecule has 0 unspecified atom stereocenters. The van der Waals surface area contributed by atoms with E-state index in [1.807, 2.05) is 31.2 Å². The Hall–Kier alpha value is -2.82. The van der Waals surface area contributed by atoms with Gasteiger partial charge in [0.05, 0.1) is 6.26 Å². The number of hydrogen-bond donors (Lipinski definition) is 0. The van der Waals surface area contributed by atoms with Crippen molar-refractivity contribution in [3.05, 3.63) is 60.1 Å². The third-order valence-corrected chi connectivity index (χ3v) is 3.74. The molecule has 23 heavy (non-hydrogen) atoms. The molecule has 0 fully saturated rings. The van der Waals surface area contributed by atoms with Crippen molar-refractivity contribution in [3.63, 3.8) is 0 Å². The lowest BCUT2D eigenvalue weighted by molar-refractivity contribution is -0.143. The minimum atomic E-state index is -0.574. The Labute approximate surface area is 134 Å². The molecule has 0 saturated carbocycles. The summed E-state index contributed by atoms with van der Waals surface area (Å²) in [4.78, 5) is 25.7. The molecule has 0 bridgehead atoms. The first-order valence-electron chi connectivity index (χ1n) is 7.43.